The highest BCUT2D eigenvalue weighted by atomic mass is 32.2. The number of aliphatic hydroxyl groups is 1. The molecular weight excluding hydrogens is 244 g/mol. The van der Waals surface area contributed by atoms with Crippen LogP contribution in [0.25, 0.3) is 0 Å². The zero-order chi connectivity index (χ0) is 13.4. The average Bonchev–Trinajstić information content (AvgIpc) is 2.18. The topological polar surface area (TPSA) is 91.7 Å². The number of benzene rings is 1. The van der Waals surface area contributed by atoms with Crippen LogP contribution in [0.4, 0.5) is 0 Å². The Bertz CT molecular complexity index is 559. The molecule has 0 aromatic heterocycles. The molecule has 0 amide bonds. The Morgan fingerprint density at radius 2 is 1.71 bits per heavy atom. The minimum absolute atomic E-state index is 0.0944. The second kappa shape index (κ2) is 4.46. The summed E-state index contributed by atoms with van der Waals surface area (Å²) in [6.07, 6.45) is -0.853. The van der Waals surface area contributed by atoms with Gasteiger partial charge < -0.3 is 10.2 Å². The van der Waals surface area contributed by atoms with Gasteiger partial charge in [-0.1, -0.05) is 6.07 Å². The van der Waals surface area contributed by atoms with E-state index in [1.807, 2.05) is 0 Å². The lowest BCUT2D eigenvalue weighted by Gasteiger charge is -2.13. The van der Waals surface area contributed by atoms with E-state index in [9.17, 15) is 18.3 Å². The van der Waals surface area contributed by atoms with E-state index >= 15 is 0 Å². The largest absolute Gasteiger partial charge is 0.479 e. The smallest absolute Gasteiger partial charge is 0.337 e. The Labute approximate surface area is 99.6 Å². The maximum Gasteiger partial charge on any atom is 0.337 e. The van der Waals surface area contributed by atoms with E-state index in [-0.39, 0.29) is 10.5 Å². The Balaban J connectivity index is 3.58. The van der Waals surface area contributed by atoms with Crippen molar-refractivity contribution in [2.45, 2.75) is 24.8 Å². The van der Waals surface area contributed by atoms with E-state index in [2.05, 4.69) is 0 Å². The maximum absolute atomic E-state index is 11.5. The van der Waals surface area contributed by atoms with Crippen molar-refractivity contribution in [1.82, 2.24) is 0 Å². The number of carboxylic acid groups (broad SMARTS) is 1. The van der Waals surface area contributed by atoms with Gasteiger partial charge in [-0.15, -0.1) is 0 Å². The van der Waals surface area contributed by atoms with Crippen LogP contribution in [0.15, 0.2) is 17.0 Å². The van der Waals surface area contributed by atoms with Crippen LogP contribution >= 0.6 is 0 Å². The summed E-state index contributed by atoms with van der Waals surface area (Å²) < 4.78 is 23.1. The van der Waals surface area contributed by atoms with Crippen LogP contribution in [0.1, 0.15) is 22.8 Å². The molecule has 0 saturated heterocycles. The molecule has 0 spiro atoms. The number of hydrogen-bond donors (Lipinski definition) is 2. The van der Waals surface area contributed by atoms with Gasteiger partial charge in [-0.05, 0) is 31.0 Å². The molecule has 0 heterocycles. The third-order valence-electron chi connectivity index (χ3n) is 2.55. The zero-order valence-corrected chi connectivity index (χ0v) is 10.6. The number of hydrogen-bond acceptors (Lipinski definition) is 4. The molecule has 17 heavy (non-hydrogen) atoms. The quantitative estimate of drug-likeness (QED) is 0.837. The minimum Gasteiger partial charge on any atom is -0.479 e. The van der Waals surface area contributed by atoms with Crippen molar-refractivity contribution >= 4 is 15.8 Å². The minimum atomic E-state index is -3.57. The first-order chi connectivity index (χ1) is 7.64. The number of sulfone groups is 1. The van der Waals surface area contributed by atoms with Crippen LogP contribution in [-0.4, -0.2) is 30.9 Å². The van der Waals surface area contributed by atoms with Gasteiger partial charge >= 0.3 is 5.97 Å². The number of rotatable bonds is 3. The first-order valence-electron chi connectivity index (χ1n) is 4.86. The molecular formula is C11H14O5S. The van der Waals surface area contributed by atoms with Crippen LogP contribution < -0.4 is 0 Å². The van der Waals surface area contributed by atoms with E-state index in [0.29, 0.717) is 0 Å². The number of carboxylic acids is 1. The number of aliphatic carboxylic acids is 1. The molecule has 1 aromatic rings. The van der Waals surface area contributed by atoms with E-state index in [1.54, 1.807) is 13.8 Å². The second-order valence-corrected chi connectivity index (χ2v) is 5.97. The summed E-state index contributed by atoms with van der Waals surface area (Å²) in [6, 6.07) is 2.77. The van der Waals surface area contributed by atoms with Crippen molar-refractivity contribution < 1.29 is 23.4 Å². The fourth-order valence-electron chi connectivity index (χ4n) is 1.48. The highest BCUT2D eigenvalue weighted by Gasteiger charge is 2.24. The molecule has 0 fully saturated rings. The summed E-state index contributed by atoms with van der Waals surface area (Å²) in [6.45, 7) is 3.44. The lowest BCUT2D eigenvalue weighted by atomic mass is 10.0. The Morgan fingerprint density at radius 3 is 2.12 bits per heavy atom. The van der Waals surface area contributed by atoms with Gasteiger partial charge in [0.15, 0.2) is 15.9 Å². The van der Waals surface area contributed by atoms with Crippen molar-refractivity contribution in [2.24, 2.45) is 0 Å². The highest BCUT2D eigenvalue weighted by molar-refractivity contribution is 7.90. The summed E-state index contributed by atoms with van der Waals surface area (Å²) in [5.74, 6) is -1.47. The normalized spacial score (nSPS) is 13.4. The third kappa shape index (κ3) is 2.83. The summed E-state index contributed by atoms with van der Waals surface area (Å²) >= 11 is 0. The molecule has 1 rings (SSSR count). The molecule has 2 N–H and O–H groups in total. The summed E-state index contributed by atoms with van der Waals surface area (Å²) in [5, 5.41) is 18.2. The molecule has 0 saturated carbocycles. The zero-order valence-electron chi connectivity index (χ0n) is 9.76. The van der Waals surface area contributed by atoms with Crippen LogP contribution in [0.2, 0.25) is 0 Å². The van der Waals surface area contributed by atoms with Gasteiger partial charge in [-0.3, -0.25) is 0 Å². The SMILES string of the molecule is Cc1cc(C(O)C(=O)O)c(S(C)(=O)=O)cc1C. The van der Waals surface area contributed by atoms with Crippen molar-refractivity contribution in [3.05, 3.63) is 28.8 Å². The van der Waals surface area contributed by atoms with Gasteiger partial charge in [0.05, 0.1) is 4.90 Å². The van der Waals surface area contributed by atoms with E-state index < -0.39 is 21.9 Å². The predicted octanol–water partition coefficient (Wildman–Crippen LogP) is 0.825. The van der Waals surface area contributed by atoms with Gasteiger partial charge in [-0.25, -0.2) is 13.2 Å². The van der Waals surface area contributed by atoms with Crippen LogP contribution in [0.5, 0.6) is 0 Å². The van der Waals surface area contributed by atoms with Crippen LogP contribution in [-0.2, 0) is 14.6 Å². The van der Waals surface area contributed by atoms with Gasteiger partial charge in [0.2, 0.25) is 0 Å². The Morgan fingerprint density at radius 1 is 1.24 bits per heavy atom. The standard InChI is InChI=1S/C11H14O5S/c1-6-4-8(10(12)11(13)14)9(5-7(6)2)17(3,15)16/h4-5,10,12H,1-3H3,(H,13,14). The van der Waals surface area contributed by atoms with Crippen molar-refractivity contribution in [3.63, 3.8) is 0 Å². The molecule has 0 radical (unpaired) electrons. The molecule has 5 nitrogen and oxygen atoms in total. The van der Waals surface area contributed by atoms with E-state index in [4.69, 9.17) is 5.11 Å². The van der Waals surface area contributed by atoms with Crippen LogP contribution in [0, 0.1) is 13.8 Å². The molecule has 1 atom stereocenters. The van der Waals surface area contributed by atoms with Crippen molar-refractivity contribution in [2.75, 3.05) is 6.26 Å². The van der Waals surface area contributed by atoms with Crippen molar-refractivity contribution in [3.8, 4) is 0 Å². The molecule has 0 aliphatic rings. The molecule has 1 unspecified atom stereocenters. The molecule has 6 heteroatoms. The highest BCUT2D eigenvalue weighted by Crippen LogP contribution is 2.26. The molecule has 0 aliphatic heterocycles. The van der Waals surface area contributed by atoms with Gasteiger partial charge in [-0.2, -0.15) is 0 Å². The van der Waals surface area contributed by atoms with Crippen molar-refractivity contribution in [1.29, 1.82) is 0 Å². The number of aliphatic hydroxyl groups excluding tert-OH is 1. The van der Waals surface area contributed by atoms with Gasteiger partial charge in [0, 0.05) is 11.8 Å². The third-order valence-corrected chi connectivity index (χ3v) is 3.71. The Hall–Kier alpha value is -1.40. The molecule has 0 aliphatic carbocycles. The predicted molar refractivity (Wildman–Crippen MR) is 61.6 cm³/mol. The number of carbonyl (C=O) groups is 1. The first kappa shape index (κ1) is 13.7. The number of aryl methyl sites for hydroxylation is 2. The lowest BCUT2D eigenvalue weighted by molar-refractivity contribution is -0.147. The van der Waals surface area contributed by atoms with Gasteiger partial charge in [0.25, 0.3) is 0 Å². The molecule has 1 aromatic carbocycles. The van der Waals surface area contributed by atoms with E-state index in [0.717, 1.165) is 17.4 Å². The average molecular weight is 258 g/mol. The van der Waals surface area contributed by atoms with Crippen LogP contribution in [0.3, 0.4) is 0 Å². The monoisotopic (exact) mass is 258 g/mol. The molecule has 94 valence electrons. The maximum atomic E-state index is 11.5. The fraction of sp³-hybridized carbons (Fsp3) is 0.364. The summed E-state index contributed by atoms with van der Waals surface area (Å²) in [4.78, 5) is 10.6. The lowest BCUT2D eigenvalue weighted by Crippen LogP contribution is -2.15. The summed E-state index contributed by atoms with van der Waals surface area (Å²) in [7, 11) is -3.57. The Kier molecular flexibility index (Phi) is 3.59. The molecule has 0 bridgehead atoms. The first-order valence-corrected chi connectivity index (χ1v) is 6.76. The van der Waals surface area contributed by atoms with E-state index in [1.165, 1.54) is 12.1 Å². The summed E-state index contributed by atoms with van der Waals surface area (Å²) in [5.41, 5.74) is 1.36. The fourth-order valence-corrected chi connectivity index (χ4v) is 2.47. The van der Waals surface area contributed by atoms with Gasteiger partial charge in [0.1, 0.15) is 0 Å². The second-order valence-electron chi connectivity index (χ2n) is 3.99.